The second-order valence-electron chi connectivity index (χ2n) is 6.69. The normalized spacial score (nSPS) is 27.2. The van der Waals surface area contributed by atoms with Gasteiger partial charge < -0.3 is 15.1 Å². The second-order valence-corrected chi connectivity index (χ2v) is 6.69. The summed E-state index contributed by atoms with van der Waals surface area (Å²) in [6.45, 7) is 6.35. The standard InChI is InChI=1S/C16H28N4O2/c21-15(13-18-7-3-4-8-18)19-9-11-20(12-10-19)16(22)14-5-1-2-6-17-14/h14,17H,1-13H2/t14-/m1/s1. The third kappa shape index (κ3) is 3.79. The largest absolute Gasteiger partial charge is 0.338 e. The van der Waals surface area contributed by atoms with E-state index in [0.29, 0.717) is 32.7 Å². The summed E-state index contributed by atoms with van der Waals surface area (Å²) in [4.78, 5) is 30.9. The van der Waals surface area contributed by atoms with Gasteiger partial charge in [-0.1, -0.05) is 6.42 Å². The zero-order valence-electron chi connectivity index (χ0n) is 13.4. The lowest BCUT2D eigenvalue weighted by Gasteiger charge is -2.37. The van der Waals surface area contributed by atoms with Gasteiger partial charge in [0.15, 0.2) is 0 Å². The number of carbonyl (C=O) groups is 2. The molecule has 1 atom stereocenters. The molecule has 0 bridgehead atoms. The van der Waals surface area contributed by atoms with Crippen molar-refractivity contribution in [1.29, 1.82) is 0 Å². The summed E-state index contributed by atoms with van der Waals surface area (Å²) in [5.41, 5.74) is 0. The van der Waals surface area contributed by atoms with E-state index in [1.165, 1.54) is 19.3 Å². The van der Waals surface area contributed by atoms with E-state index in [9.17, 15) is 9.59 Å². The van der Waals surface area contributed by atoms with Crippen LogP contribution in [-0.4, -0.2) is 84.9 Å². The van der Waals surface area contributed by atoms with E-state index in [4.69, 9.17) is 0 Å². The molecule has 3 aliphatic rings. The molecule has 3 rings (SSSR count). The summed E-state index contributed by atoms with van der Waals surface area (Å²) in [5.74, 6) is 0.455. The molecule has 0 saturated carbocycles. The first-order chi connectivity index (χ1) is 10.7. The van der Waals surface area contributed by atoms with Gasteiger partial charge in [0.2, 0.25) is 11.8 Å². The molecule has 6 nitrogen and oxygen atoms in total. The van der Waals surface area contributed by atoms with Gasteiger partial charge in [0.25, 0.3) is 0 Å². The van der Waals surface area contributed by atoms with Crippen LogP contribution in [0.1, 0.15) is 32.1 Å². The number of carbonyl (C=O) groups excluding carboxylic acids is 2. The van der Waals surface area contributed by atoms with Crippen molar-refractivity contribution < 1.29 is 9.59 Å². The Labute approximate surface area is 132 Å². The van der Waals surface area contributed by atoms with Crippen LogP contribution in [0.25, 0.3) is 0 Å². The first kappa shape index (κ1) is 15.7. The fourth-order valence-electron chi connectivity index (χ4n) is 3.69. The van der Waals surface area contributed by atoms with Crippen LogP contribution in [0.3, 0.4) is 0 Å². The van der Waals surface area contributed by atoms with Crippen molar-refractivity contribution in [3.63, 3.8) is 0 Å². The van der Waals surface area contributed by atoms with Gasteiger partial charge >= 0.3 is 0 Å². The lowest BCUT2D eigenvalue weighted by Crippen LogP contribution is -2.56. The van der Waals surface area contributed by atoms with Gasteiger partial charge in [0.05, 0.1) is 12.6 Å². The Bertz CT molecular complexity index is 395. The molecule has 0 unspecified atom stereocenters. The predicted octanol–water partition coefficient (Wildman–Crippen LogP) is -0.105. The molecular formula is C16H28N4O2. The van der Waals surface area contributed by atoms with E-state index in [0.717, 1.165) is 32.5 Å². The van der Waals surface area contributed by atoms with Crippen molar-refractivity contribution in [2.24, 2.45) is 0 Å². The van der Waals surface area contributed by atoms with E-state index in [1.807, 2.05) is 9.80 Å². The van der Waals surface area contributed by atoms with E-state index < -0.39 is 0 Å². The molecule has 0 aromatic rings. The maximum atomic E-state index is 12.5. The number of nitrogens with one attached hydrogen (secondary N) is 1. The Kier molecular flexibility index (Phi) is 5.31. The highest BCUT2D eigenvalue weighted by Crippen LogP contribution is 2.13. The third-order valence-corrected chi connectivity index (χ3v) is 5.11. The van der Waals surface area contributed by atoms with Crippen LogP contribution in [0.4, 0.5) is 0 Å². The van der Waals surface area contributed by atoms with Gasteiger partial charge in [0.1, 0.15) is 0 Å². The summed E-state index contributed by atoms with van der Waals surface area (Å²) in [5, 5.41) is 3.32. The van der Waals surface area contributed by atoms with Crippen molar-refractivity contribution in [3.05, 3.63) is 0 Å². The fraction of sp³-hybridized carbons (Fsp3) is 0.875. The van der Waals surface area contributed by atoms with Crippen LogP contribution in [0.5, 0.6) is 0 Å². The van der Waals surface area contributed by atoms with Crippen molar-refractivity contribution in [2.75, 3.05) is 52.4 Å². The Balaban J connectivity index is 1.43. The molecule has 0 radical (unpaired) electrons. The molecule has 22 heavy (non-hydrogen) atoms. The fourth-order valence-corrected chi connectivity index (χ4v) is 3.69. The molecule has 1 N–H and O–H groups in total. The van der Waals surface area contributed by atoms with Gasteiger partial charge in [-0.15, -0.1) is 0 Å². The van der Waals surface area contributed by atoms with Crippen LogP contribution in [0, 0.1) is 0 Å². The minimum atomic E-state index is 0.000557. The maximum absolute atomic E-state index is 12.5. The van der Waals surface area contributed by atoms with Crippen molar-refractivity contribution in [3.8, 4) is 0 Å². The number of hydrogen-bond donors (Lipinski definition) is 1. The zero-order valence-corrected chi connectivity index (χ0v) is 13.4. The van der Waals surface area contributed by atoms with Gasteiger partial charge in [0, 0.05) is 26.2 Å². The molecule has 0 aromatic carbocycles. The quantitative estimate of drug-likeness (QED) is 0.791. The molecular weight excluding hydrogens is 280 g/mol. The van der Waals surface area contributed by atoms with E-state index >= 15 is 0 Å². The topological polar surface area (TPSA) is 55.9 Å². The first-order valence-corrected chi connectivity index (χ1v) is 8.76. The van der Waals surface area contributed by atoms with E-state index in [-0.39, 0.29) is 17.9 Å². The SMILES string of the molecule is O=C(CN1CCCC1)N1CCN(C(=O)[C@H]2CCCCN2)CC1. The zero-order chi connectivity index (χ0) is 15.4. The van der Waals surface area contributed by atoms with Crippen molar-refractivity contribution in [2.45, 2.75) is 38.1 Å². The number of piperazine rings is 1. The van der Waals surface area contributed by atoms with Crippen LogP contribution >= 0.6 is 0 Å². The number of rotatable bonds is 3. The molecule has 3 fully saturated rings. The van der Waals surface area contributed by atoms with Crippen LogP contribution in [-0.2, 0) is 9.59 Å². The molecule has 3 saturated heterocycles. The summed E-state index contributed by atoms with van der Waals surface area (Å²) in [7, 11) is 0. The highest BCUT2D eigenvalue weighted by molar-refractivity contribution is 5.83. The van der Waals surface area contributed by atoms with Gasteiger partial charge in [-0.2, -0.15) is 0 Å². The predicted molar refractivity (Wildman–Crippen MR) is 84.5 cm³/mol. The van der Waals surface area contributed by atoms with Gasteiger partial charge in [-0.05, 0) is 45.3 Å². The highest BCUT2D eigenvalue weighted by Gasteiger charge is 2.30. The van der Waals surface area contributed by atoms with Crippen LogP contribution < -0.4 is 5.32 Å². The summed E-state index contributed by atoms with van der Waals surface area (Å²) < 4.78 is 0. The van der Waals surface area contributed by atoms with Gasteiger partial charge in [-0.25, -0.2) is 0 Å². The molecule has 6 heteroatoms. The summed E-state index contributed by atoms with van der Waals surface area (Å²) in [6.07, 6.45) is 5.68. The first-order valence-electron chi connectivity index (χ1n) is 8.76. The smallest absolute Gasteiger partial charge is 0.239 e. The highest BCUT2D eigenvalue weighted by atomic mass is 16.2. The summed E-state index contributed by atoms with van der Waals surface area (Å²) in [6, 6.07) is 0.000557. The number of likely N-dealkylation sites (tertiary alicyclic amines) is 1. The second kappa shape index (κ2) is 7.42. The third-order valence-electron chi connectivity index (χ3n) is 5.11. The van der Waals surface area contributed by atoms with Crippen LogP contribution in [0.2, 0.25) is 0 Å². The molecule has 124 valence electrons. The maximum Gasteiger partial charge on any atom is 0.239 e. The Morgan fingerprint density at radius 1 is 0.864 bits per heavy atom. The lowest BCUT2D eigenvalue weighted by molar-refractivity contribution is -0.141. The molecule has 2 amide bonds. The minimum Gasteiger partial charge on any atom is -0.338 e. The molecule has 3 heterocycles. The molecule has 0 spiro atoms. The number of nitrogens with zero attached hydrogens (tertiary/aromatic N) is 3. The molecule has 0 aliphatic carbocycles. The molecule has 0 aromatic heterocycles. The number of piperidine rings is 1. The molecule has 3 aliphatic heterocycles. The van der Waals surface area contributed by atoms with E-state index in [2.05, 4.69) is 10.2 Å². The average Bonchev–Trinajstić information content (AvgIpc) is 3.08. The Morgan fingerprint density at radius 3 is 2.18 bits per heavy atom. The number of hydrogen-bond acceptors (Lipinski definition) is 4. The lowest BCUT2D eigenvalue weighted by atomic mass is 10.0. The van der Waals surface area contributed by atoms with Crippen molar-refractivity contribution in [1.82, 2.24) is 20.0 Å². The minimum absolute atomic E-state index is 0.000557. The van der Waals surface area contributed by atoms with Crippen molar-refractivity contribution >= 4 is 11.8 Å². The monoisotopic (exact) mass is 308 g/mol. The Hall–Kier alpha value is -1.14. The average molecular weight is 308 g/mol. The summed E-state index contributed by atoms with van der Waals surface area (Å²) >= 11 is 0. The van der Waals surface area contributed by atoms with Gasteiger partial charge in [-0.3, -0.25) is 14.5 Å². The van der Waals surface area contributed by atoms with Crippen LogP contribution in [0.15, 0.2) is 0 Å². The van der Waals surface area contributed by atoms with E-state index in [1.54, 1.807) is 0 Å². The number of amides is 2. The Morgan fingerprint density at radius 2 is 1.55 bits per heavy atom.